The molecule has 0 bridgehead atoms. The maximum absolute atomic E-state index is 5.99. The average molecular weight is 1160 g/mol. The smallest absolute Gasteiger partial charge is 0.183 e. The summed E-state index contributed by atoms with van der Waals surface area (Å²) in [6, 6.07) is 73.9. The molecule has 4 aliphatic carbocycles. The summed E-state index contributed by atoms with van der Waals surface area (Å²) < 4.78 is 35.9. The first kappa shape index (κ1) is 58.5. The zero-order valence-electron chi connectivity index (χ0n) is 51.6. The van der Waals surface area contributed by atoms with Crippen molar-refractivity contribution in [1.29, 1.82) is 0 Å². The van der Waals surface area contributed by atoms with Crippen LogP contribution in [0.15, 0.2) is 218 Å². The molecule has 1 atom stereocenters. The van der Waals surface area contributed by atoms with E-state index in [1.54, 1.807) is 0 Å². The molecule has 0 fully saturated rings. The van der Waals surface area contributed by atoms with Gasteiger partial charge in [-0.05, 0) is 231 Å². The van der Waals surface area contributed by atoms with Gasteiger partial charge in [-0.25, -0.2) is 0 Å². The van der Waals surface area contributed by atoms with Gasteiger partial charge in [0, 0.05) is 61.7 Å². The zero-order valence-corrected chi connectivity index (χ0v) is 51.6. The van der Waals surface area contributed by atoms with Crippen molar-refractivity contribution >= 4 is 40.5 Å². The Labute approximate surface area is 519 Å². The van der Waals surface area contributed by atoms with Crippen molar-refractivity contribution in [3.63, 3.8) is 0 Å². The summed E-state index contributed by atoms with van der Waals surface area (Å²) >= 11 is 0. The minimum atomic E-state index is -0.397. The van der Waals surface area contributed by atoms with E-state index < -0.39 is 18.9 Å². The zero-order chi connectivity index (χ0) is 60.3. The van der Waals surface area contributed by atoms with Gasteiger partial charge >= 0.3 is 0 Å². The number of allylic oxidation sites excluding steroid dienone is 5. The van der Waals surface area contributed by atoms with E-state index in [1.807, 2.05) is 41.5 Å². The first-order valence-corrected chi connectivity index (χ1v) is 31.5. The van der Waals surface area contributed by atoms with Crippen LogP contribution in [0.4, 0.5) is 0 Å². The van der Waals surface area contributed by atoms with Gasteiger partial charge < -0.3 is 28.4 Å². The quantitative estimate of drug-likeness (QED) is 0.0668. The predicted octanol–water partition coefficient (Wildman–Crippen LogP) is 20.6. The molecule has 0 amide bonds. The first-order chi connectivity index (χ1) is 43.2. The van der Waals surface area contributed by atoms with Crippen molar-refractivity contribution in [2.45, 2.75) is 79.2 Å². The second-order valence-corrected chi connectivity index (χ2v) is 23.1. The molecule has 0 N–H and O–H groups in total. The summed E-state index contributed by atoms with van der Waals surface area (Å²) in [5.74, 6) is 0. The van der Waals surface area contributed by atoms with Gasteiger partial charge in [0.05, 0.1) is 0 Å². The van der Waals surface area contributed by atoms with Gasteiger partial charge in [0.15, 0.2) is 18.9 Å². The van der Waals surface area contributed by atoms with Crippen LogP contribution in [0, 0.1) is 0 Å². The van der Waals surface area contributed by atoms with Gasteiger partial charge in [-0.3, -0.25) is 0 Å². The molecule has 0 saturated carbocycles. The van der Waals surface area contributed by atoms with Crippen molar-refractivity contribution in [2.24, 2.45) is 0 Å². The Kier molecular flexibility index (Phi) is 17.0. The molecule has 440 valence electrons. The third kappa shape index (κ3) is 11.3. The standard InChI is InChI=1S/C82H76O6/c1-8-83-79(84-9-2)56-32-26-53(27-33-56)44-72-67-22-16-14-20-65(67)69-40-38-59(50-74(69)72)62-47-63(60-39-41-70-66-21-15-17-23-68(66)73(75(70)51-60)45-54-28-34-57(35-29-54)80(85-10-3)86-11-4)49-64(48-62)61-42-43-82(7)77-25-19-18-24-71(77)76(78(82)52-61)46-55-30-36-58(37-31-55)81(87-12-5)88-13-6/h14-42,44-52,79-81H,8-13,43H2,1-7H3/b72-44+,73-45+,76-46+. The Morgan fingerprint density at radius 1 is 0.341 bits per heavy atom. The minimum Gasteiger partial charge on any atom is -0.349 e. The van der Waals surface area contributed by atoms with Gasteiger partial charge in [0.1, 0.15) is 0 Å². The molecule has 0 heterocycles. The second-order valence-electron chi connectivity index (χ2n) is 23.1. The number of benzene rings is 9. The maximum atomic E-state index is 5.99. The van der Waals surface area contributed by atoms with Crippen LogP contribution in [0.5, 0.6) is 0 Å². The molecule has 6 heteroatoms. The summed E-state index contributed by atoms with van der Waals surface area (Å²) in [6.07, 6.45) is 11.7. The monoisotopic (exact) mass is 1160 g/mol. The molecule has 0 radical (unpaired) electrons. The molecule has 13 rings (SSSR count). The van der Waals surface area contributed by atoms with Crippen LogP contribution in [0.1, 0.15) is 146 Å². The van der Waals surface area contributed by atoms with E-state index in [9.17, 15) is 0 Å². The number of hydrogen-bond donors (Lipinski definition) is 0. The molecule has 6 nitrogen and oxygen atoms in total. The highest BCUT2D eigenvalue weighted by atomic mass is 16.7. The average Bonchev–Trinajstić information content (AvgIpc) is 1.66. The third-order valence-electron chi connectivity index (χ3n) is 17.8. The molecule has 88 heavy (non-hydrogen) atoms. The Morgan fingerprint density at radius 2 is 0.693 bits per heavy atom. The largest absolute Gasteiger partial charge is 0.349 e. The van der Waals surface area contributed by atoms with E-state index >= 15 is 0 Å². The highest BCUT2D eigenvalue weighted by Crippen LogP contribution is 2.56. The summed E-state index contributed by atoms with van der Waals surface area (Å²) in [5.41, 5.74) is 30.7. The number of ether oxygens (including phenoxy) is 6. The summed E-state index contributed by atoms with van der Waals surface area (Å²) in [6.45, 7) is 17.9. The molecule has 0 spiro atoms. The normalized spacial score (nSPS) is 16.7. The van der Waals surface area contributed by atoms with E-state index in [1.165, 1.54) is 89.1 Å². The van der Waals surface area contributed by atoms with Crippen LogP contribution < -0.4 is 0 Å². The minimum absolute atomic E-state index is 0.208. The van der Waals surface area contributed by atoms with Gasteiger partial charge in [-0.2, -0.15) is 0 Å². The summed E-state index contributed by atoms with van der Waals surface area (Å²) in [5, 5.41) is 0. The van der Waals surface area contributed by atoms with Crippen molar-refractivity contribution in [2.75, 3.05) is 39.6 Å². The molecule has 0 aliphatic heterocycles. The van der Waals surface area contributed by atoms with Gasteiger partial charge in [-0.1, -0.05) is 183 Å². The lowest BCUT2D eigenvalue weighted by atomic mass is 9.72. The van der Waals surface area contributed by atoms with Gasteiger partial charge in [0.2, 0.25) is 0 Å². The molecule has 4 aliphatic rings. The highest BCUT2D eigenvalue weighted by molar-refractivity contribution is 6.09. The molecule has 0 aromatic heterocycles. The molecule has 9 aromatic carbocycles. The van der Waals surface area contributed by atoms with E-state index in [2.05, 4.69) is 237 Å². The number of rotatable bonds is 21. The maximum Gasteiger partial charge on any atom is 0.183 e. The summed E-state index contributed by atoms with van der Waals surface area (Å²) in [4.78, 5) is 0. The van der Waals surface area contributed by atoms with E-state index in [0.29, 0.717) is 39.6 Å². The molecular formula is C82H76O6. The topological polar surface area (TPSA) is 55.4 Å². The van der Waals surface area contributed by atoms with Crippen LogP contribution in [0.25, 0.3) is 85.0 Å². The fraction of sp³-hybridized carbons (Fsp3) is 0.220. The lowest BCUT2D eigenvalue weighted by molar-refractivity contribution is -0.140. The Morgan fingerprint density at radius 3 is 1.10 bits per heavy atom. The Balaban J connectivity index is 0.942. The second kappa shape index (κ2) is 25.6. The van der Waals surface area contributed by atoms with Gasteiger partial charge in [-0.15, -0.1) is 0 Å². The number of hydrogen-bond acceptors (Lipinski definition) is 6. The molecule has 9 aromatic rings. The Hall–Kier alpha value is -8.56. The van der Waals surface area contributed by atoms with Crippen LogP contribution in [-0.2, 0) is 33.8 Å². The SMILES string of the molecule is CCOC(OCC)c1ccc(/C=C2/C3=CC(c4cc(-c5ccc6c(c5)/C(=C/c5ccc(C(OCC)OCC)cc5)c5ccccc5-6)cc(-c5ccc6c(c5)/C(=C/c5ccc(C(OCC)OCC)cc5)c5ccccc5-6)c4)=CCC3(C)c3ccccc32)cc1. The fourth-order valence-corrected chi connectivity index (χ4v) is 13.5. The van der Waals surface area contributed by atoms with E-state index in [0.717, 1.165) is 62.1 Å². The third-order valence-corrected chi connectivity index (χ3v) is 17.8. The van der Waals surface area contributed by atoms with Crippen LogP contribution in [0.3, 0.4) is 0 Å². The lowest BCUT2D eigenvalue weighted by Gasteiger charge is -2.30. The first-order valence-electron chi connectivity index (χ1n) is 31.5. The van der Waals surface area contributed by atoms with Gasteiger partial charge in [0.25, 0.3) is 0 Å². The van der Waals surface area contributed by atoms with Crippen molar-refractivity contribution < 1.29 is 28.4 Å². The predicted molar refractivity (Wildman–Crippen MR) is 362 cm³/mol. The van der Waals surface area contributed by atoms with E-state index in [4.69, 9.17) is 28.4 Å². The number of fused-ring (bicyclic) bond motifs is 9. The van der Waals surface area contributed by atoms with Crippen molar-refractivity contribution in [3.8, 4) is 44.5 Å². The highest BCUT2D eigenvalue weighted by Gasteiger charge is 2.43. The van der Waals surface area contributed by atoms with Crippen LogP contribution in [-0.4, -0.2) is 39.6 Å². The Bertz CT molecular complexity index is 4010. The van der Waals surface area contributed by atoms with Crippen molar-refractivity contribution in [1.82, 2.24) is 0 Å². The van der Waals surface area contributed by atoms with Crippen LogP contribution in [0.2, 0.25) is 0 Å². The summed E-state index contributed by atoms with van der Waals surface area (Å²) in [7, 11) is 0. The molecular weight excluding hydrogens is 1080 g/mol. The fourth-order valence-electron chi connectivity index (χ4n) is 13.5. The lowest BCUT2D eigenvalue weighted by Crippen LogP contribution is -2.22. The van der Waals surface area contributed by atoms with Crippen LogP contribution >= 0.6 is 0 Å². The van der Waals surface area contributed by atoms with E-state index in [-0.39, 0.29) is 5.41 Å². The van der Waals surface area contributed by atoms with Crippen molar-refractivity contribution in [3.05, 3.63) is 290 Å². The molecule has 1 unspecified atom stereocenters. The molecule has 0 saturated heterocycles.